The first-order chi connectivity index (χ1) is 12.2. The van der Waals surface area contributed by atoms with Crippen molar-refractivity contribution in [3.8, 4) is 5.69 Å². The predicted molar refractivity (Wildman–Crippen MR) is 91.3 cm³/mol. The minimum atomic E-state index is -0.302. The second-order valence-corrected chi connectivity index (χ2v) is 5.39. The largest absolute Gasteiger partial charge is 0.459 e. The van der Waals surface area contributed by atoms with Crippen molar-refractivity contribution < 1.29 is 14.0 Å². The van der Waals surface area contributed by atoms with Gasteiger partial charge in [-0.2, -0.15) is 5.10 Å². The van der Waals surface area contributed by atoms with Gasteiger partial charge in [-0.3, -0.25) is 9.59 Å². The number of para-hydroxylation sites is 1. The summed E-state index contributed by atoms with van der Waals surface area (Å²) in [7, 11) is 0. The summed E-state index contributed by atoms with van der Waals surface area (Å²) in [5.74, 6) is -0.178. The van der Waals surface area contributed by atoms with E-state index in [1.165, 1.54) is 6.26 Å². The normalized spacial score (nSPS) is 10.4. The quantitative estimate of drug-likeness (QED) is 0.640. The van der Waals surface area contributed by atoms with Crippen LogP contribution in [0.25, 0.3) is 5.69 Å². The van der Waals surface area contributed by atoms with Crippen LogP contribution in [-0.4, -0.2) is 34.7 Å². The summed E-state index contributed by atoms with van der Waals surface area (Å²) >= 11 is 0. The van der Waals surface area contributed by atoms with Gasteiger partial charge in [0.05, 0.1) is 24.6 Å². The Labute approximate surface area is 144 Å². The minimum absolute atomic E-state index is 0.125. The number of rotatable bonds is 7. The lowest BCUT2D eigenvalue weighted by atomic mass is 10.2. The van der Waals surface area contributed by atoms with E-state index in [0.717, 1.165) is 11.3 Å². The summed E-state index contributed by atoms with van der Waals surface area (Å²) in [5.41, 5.74) is 1.76. The van der Waals surface area contributed by atoms with E-state index in [4.69, 9.17) is 4.42 Å². The molecule has 0 fully saturated rings. The van der Waals surface area contributed by atoms with Crippen molar-refractivity contribution in [1.29, 1.82) is 0 Å². The minimum Gasteiger partial charge on any atom is -0.459 e. The highest BCUT2D eigenvalue weighted by Gasteiger charge is 2.09. The lowest BCUT2D eigenvalue weighted by Gasteiger charge is -2.05. The van der Waals surface area contributed by atoms with Crippen molar-refractivity contribution in [3.63, 3.8) is 0 Å². The van der Waals surface area contributed by atoms with Crippen LogP contribution in [-0.2, 0) is 11.2 Å². The first-order valence-corrected chi connectivity index (χ1v) is 7.90. The lowest BCUT2D eigenvalue weighted by molar-refractivity contribution is -0.120. The van der Waals surface area contributed by atoms with Crippen LogP contribution in [0, 0.1) is 0 Å². The molecule has 1 aromatic carbocycles. The molecule has 0 saturated carbocycles. The summed E-state index contributed by atoms with van der Waals surface area (Å²) in [6.45, 7) is 0.673. The molecular weight excluding hydrogens is 320 g/mol. The number of carbonyl (C=O) groups is 2. The molecule has 25 heavy (non-hydrogen) atoms. The molecule has 0 aliphatic rings. The molecule has 2 heterocycles. The molecule has 3 aromatic rings. The van der Waals surface area contributed by atoms with E-state index in [9.17, 15) is 9.59 Å². The number of nitrogens with zero attached hydrogens (tertiary/aromatic N) is 2. The average molecular weight is 338 g/mol. The zero-order valence-electron chi connectivity index (χ0n) is 13.5. The molecule has 2 amide bonds. The Morgan fingerprint density at radius 1 is 1.04 bits per heavy atom. The van der Waals surface area contributed by atoms with E-state index in [0.29, 0.717) is 13.1 Å². The first-order valence-electron chi connectivity index (χ1n) is 7.90. The van der Waals surface area contributed by atoms with E-state index in [1.807, 2.05) is 36.5 Å². The molecule has 2 N–H and O–H groups in total. The smallest absolute Gasteiger partial charge is 0.287 e. The third-order valence-electron chi connectivity index (χ3n) is 3.50. The van der Waals surface area contributed by atoms with Gasteiger partial charge in [-0.15, -0.1) is 0 Å². The van der Waals surface area contributed by atoms with Crippen molar-refractivity contribution >= 4 is 11.8 Å². The van der Waals surface area contributed by atoms with Crippen molar-refractivity contribution in [2.24, 2.45) is 0 Å². The van der Waals surface area contributed by atoms with Crippen LogP contribution in [0.5, 0.6) is 0 Å². The van der Waals surface area contributed by atoms with Crippen LogP contribution in [0.4, 0.5) is 0 Å². The van der Waals surface area contributed by atoms with E-state index in [2.05, 4.69) is 15.7 Å². The number of hydrogen-bond donors (Lipinski definition) is 2. The average Bonchev–Trinajstić information content (AvgIpc) is 3.31. The van der Waals surface area contributed by atoms with Crippen LogP contribution in [0.3, 0.4) is 0 Å². The number of carbonyl (C=O) groups excluding carboxylic acids is 2. The maximum atomic E-state index is 12.0. The van der Waals surface area contributed by atoms with Crippen molar-refractivity contribution in [1.82, 2.24) is 20.4 Å². The molecule has 0 aliphatic carbocycles. The van der Waals surface area contributed by atoms with Crippen LogP contribution in [0.1, 0.15) is 16.1 Å². The molecule has 3 rings (SSSR count). The summed E-state index contributed by atoms with van der Waals surface area (Å²) in [4.78, 5) is 23.6. The first kappa shape index (κ1) is 16.5. The van der Waals surface area contributed by atoms with Crippen molar-refractivity contribution in [3.05, 3.63) is 72.4 Å². The fourth-order valence-corrected chi connectivity index (χ4v) is 2.29. The van der Waals surface area contributed by atoms with Gasteiger partial charge in [-0.25, -0.2) is 4.68 Å². The molecular formula is C18H18N4O3. The summed E-state index contributed by atoms with van der Waals surface area (Å²) in [6, 6.07) is 12.9. The number of furan rings is 1. The molecule has 0 unspecified atom stereocenters. The Kier molecular flexibility index (Phi) is 5.26. The lowest BCUT2D eigenvalue weighted by Crippen LogP contribution is -2.35. The van der Waals surface area contributed by atoms with Gasteiger partial charge in [0.2, 0.25) is 5.91 Å². The zero-order chi connectivity index (χ0) is 17.5. The Morgan fingerprint density at radius 2 is 1.84 bits per heavy atom. The highest BCUT2D eigenvalue weighted by atomic mass is 16.3. The van der Waals surface area contributed by atoms with E-state index >= 15 is 0 Å². The summed E-state index contributed by atoms with van der Waals surface area (Å²) < 4.78 is 6.71. The highest BCUT2D eigenvalue weighted by Crippen LogP contribution is 2.08. The van der Waals surface area contributed by atoms with Gasteiger partial charge in [0.25, 0.3) is 5.91 Å². The molecule has 0 saturated heterocycles. The Balaban J connectivity index is 1.41. The van der Waals surface area contributed by atoms with Crippen LogP contribution in [0.2, 0.25) is 0 Å². The number of aromatic nitrogens is 2. The molecule has 0 bridgehead atoms. The summed E-state index contributed by atoms with van der Waals surface area (Å²) in [6.07, 6.45) is 5.17. The second-order valence-electron chi connectivity index (χ2n) is 5.39. The Bertz CT molecular complexity index is 825. The maximum Gasteiger partial charge on any atom is 0.287 e. The van der Waals surface area contributed by atoms with Crippen LogP contribution < -0.4 is 10.6 Å². The third-order valence-corrected chi connectivity index (χ3v) is 3.50. The molecule has 0 radical (unpaired) electrons. The third kappa shape index (κ3) is 4.57. The monoisotopic (exact) mass is 338 g/mol. The fourth-order valence-electron chi connectivity index (χ4n) is 2.29. The SMILES string of the molecule is O=C(Cc1cnn(-c2ccccc2)c1)NCCNC(=O)c1ccco1. The van der Waals surface area contributed by atoms with Gasteiger partial charge < -0.3 is 15.1 Å². The Morgan fingerprint density at radius 3 is 2.60 bits per heavy atom. The molecule has 0 spiro atoms. The van der Waals surface area contributed by atoms with Crippen molar-refractivity contribution in [2.45, 2.75) is 6.42 Å². The summed E-state index contributed by atoms with van der Waals surface area (Å²) in [5, 5.41) is 9.68. The van der Waals surface area contributed by atoms with E-state index in [1.54, 1.807) is 23.0 Å². The number of nitrogens with one attached hydrogen (secondary N) is 2. The Hall–Kier alpha value is -3.35. The fraction of sp³-hybridized carbons (Fsp3) is 0.167. The van der Waals surface area contributed by atoms with Gasteiger partial charge in [-0.05, 0) is 29.8 Å². The van der Waals surface area contributed by atoms with E-state index < -0.39 is 0 Å². The molecule has 2 aromatic heterocycles. The second kappa shape index (κ2) is 7.96. The molecule has 0 aliphatic heterocycles. The molecule has 7 heteroatoms. The van der Waals surface area contributed by atoms with Gasteiger partial charge in [-0.1, -0.05) is 18.2 Å². The standard InChI is InChI=1S/C18H18N4O3/c23-17(19-8-9-20-18(24)16-7-4-10-25-16)11-14-12-21-22(13-14)15-5-2-1-3-6-15/h1-7,10,12-13H,8-9,11H2,(H,19,23)(H,20,24). The molecule has 7 nitrogen and oxygen atoms in total. The predicted octanol–water partition coefficient (Wildman–Crippen LogP) is 1.55. The van der Waals surface area contributed by atoms with Gasteiger partial charge in [0.1, 0.15) is 0 Å². The van der Waals surface area contributed by atoms with Crippen LogP contribution in [0.15, 0.2) is 65.5 Å². The number of amides is 2. The highest BCUT2D eigenvalue weighted by molar-refractivity contribution is 5.91. The number of hydrogen-bond acceptors (Lipinski definition) is 4. The van der Waals surface area contributed by atoms with E-state index in [-0.39, 0.29) is 24.0 Å². The maximum absolute atomic E-state index is 12.0. The molecule has 128 valence electrons. The van der Waals surface area contributed by atoms with Gasteiger partial charge >= 0.3 is 0 Å². The molecule has 0 atom stereocenters. The topological polar surface area (TPSA) is 89.2 Å². The van der Waals surface area contributed by atoms with Crippen LogP contribution >= 0.6 is 0 Å². The van der Waals surface area contributed by atoms with Gasteiger partial charge in [0, 0.05) is 19.3 Å². The van der Waals surface area contributed by atoms with Crippen molar-refractivity contribution in [2.75, 3.05) is 13.1 Å². The zero-order valence-corrected chi connectivity index (χ0v) is 13.5. The number of benzene rings is 1. The van der Waals surface area contributed by atoms with Gasteiger partial charge in [0.15, 0.2) is 5.76 Å².